The molecule has 4 aromatic rings. The fourth-order valence-electron chi connectivity index (χ4n) is 4.54. The van der Waals surface area contributed by atoms with Gasteiger partial charge in [-0.25, -0.2) is 9.80 Å². The molecule has 4 amide bonds. The van der Waals surface area contributed by atoms with Gasteiger partial charge in [0.25, 0.3) is 23.6 Å². The van der Waals surface area contributed by atoms with Crippen molar-refractivity contribution in [3.63, 3.8) is 0 Å². The first-order valence-electron chi connectivity index (χ1n) is 12.8. The van der Waals surface area contributed by atoms with E-state index < -0.39 is 0 Å². The molecule has 41 heavy (non-hydrogen) atoms. The smallest absolute Gasteiger partial charge is 0.258 e. The molecule has 0 aromatic heterocycles. The van der Waals surface area contributed by atoms with Crippen LogP contribution in [0.5, 0.6) is 23.0 Å². The number of nitrogens with zero attached hydrogens (tertiary/aromatic N) is 2. The van der Waals surface area contributed by atoms with Gasteiger partial charge in [0.05, 0.1) is 11.4 Å². The number of carbonyl (C=O) groups is 4. The summed E-state index contributed by atoms with van der Waals surface area (Å²) < 4.78 is 11.9. The van der Waals surface area contributed by atoms with Gasteiger partial charge in [-0.2, -0.15) is 0 Å². The highest BCUT2D eigenvalue weighted by molar-refractivity contribution is 6.28. The van der Waals surface area contributed by atoms with E-state index in [1.54, 1.807) is 48.5 Å². The first-order chi connectivity index (χ1) is 19.9. The summed E-state index contributed by atoms with van der Waals surface area (Å²) >= 11 is 0. The third kappa shape index (κ3) is 5.53. The van der Waals surface area contributed by atoms with Gasteiger partial charge in [-0.05, 0) is 66.1 Å². The summed E-state index contributed by atoms with van der Waals surface area (Å²) in [4.78, 5) is 50.1. The van der Waals surface area contributed by atoms with Gasteiger partial charge in [-0.3, -0.25) is 19.2 Å². The SMILES string of the molecule is O=C1C=CC(=O)N1c1cccc(Oc2ccc(Cc3ccc(Oc4cccc(N5C(=O)C=CC5=O)c4)cc3)cc2)c1. The number of hydrogen-bond acceptors (Lipinski definition) is 6. The first kappa shape index (κ1) is 25.5. The van der Waals surface area contributed by atoms with Crippen LogP contribution in [0.2, 0.25) is 0 Å². The predicted molar refractivity (Wildman–Crippen MR) is 152 cm³/mol. The van der Waals surface area contributed by atoms with Crippen LogP contribution >= 0.6 is 0 Å². The van der Waals surface area contributed by atoms with E-state index in [-0.39, 0.29) is 23.6 Å². The normalized spacial score (nSPS) is 14.3. The highest BCUT2D eigenvalue weighted by Crippen LogP contribution is 2.30. The number of carbonyl (C=O) groups excluding carboxylic acids is 4. The number of anilines is 2. The quantitative estimate of drug-likeness (QED) is 0.265. The second-order valence-corrected chi connectivity index (χ2v) is 9.35. The Bertz CT molecular complexity index is 1570. The fourth-order valence-corrected chi connectivity index (χ4v) is 4.54. The summed E-state index contributed by atoms with van der Waals surface area (Å²) in [5.41, 5.74) is 3.07. The van der Waals surface area contributed by atoms with E-state index in [9.17, 15) is 19.2 Å². The van der Waals surface area contributed by atoms with Gasteiger partial charge in [-0.1, -0.05) is 36.4 Å². The molecule has 0 fully saturated rings. The lowest BCUT2D eigenvalue weighted by atomic mass is 10.0. The summed E-state index contributed by atoms with van der Waals surface area (Å²) in [6, 6.07) is 29.0. The monoisotopic (exact) mass is 542 g/mol. The van der Waals surface area contributed by atoms with Crippen molar-refractivity contribution < 1.29 is 28.7 Å². The molecule has 4 aromatic carbocycles. The largest absolute Gasteiger partial charge is 0.457 e. The van der Waals surface area contributed by atoms with Gasteiger partial charge in [0.2, 0.25) is 0 Å². The Labute approximate surface area is 235 Å². The van der Waals surface area contributed by atoms with Crippen LogP contribution in [0.15, 0.2) is 121 Å². The molecular formula is C33H22N2O6. The first-order valence-corrected chi connectivity index (χ1v) is 12.8. The van der Waals surface area contributed by atoms with Crippen molar-refractivity contribution in [2.24, 2.45) is 0 Å². The lowest BCUT2D eigenvalue weighted by molar-refractivity contribution is -0.121. The van der Waals surface area contributed by atoms with Crippen molar-refractivity contribution in [1.82, 2.24) is 0 Å². The Kier molecular flexibility index (Phi) is 6.71. The summed E-state index contributed by atoms with van der Waals surface area (Å²) in [5.74, 6) is 0.765. The van der Waals surface area contributed by atoms with Gasteiger partial charge in [0, 0.05) is 36.4 Å². The Morgan fingerprint density at radius 2 is 0.805 bits per heavy atom. The molecule has 0 aliphatic carbocycles. The molecule has 0 N–H and O–H groups in total. The van der Waals surface area contributed by atoms with Crippen LogP contribution in [-0.2, 0) is 25.6 Å². The molecule has 2 heterocycles. The average Bonchev–Trinajstić information content (AvgIpc) is 3.50. The van der Waals surface area contributed by atoms with E-state index in [1.165, 1.54) is 24.3 Å². The summed E-state index contributed by atoms with van der Waals surface area (Å²) in [5, 5.41) is 0. The van der Waals surface area contributed by atoms with Crippen LogP contribution in [0.4, 0.5) is 11.4 Å². The molecule has 0 saturated heterocycles. The lowest BCUT2D eigenvalue weighted by Gasteiger charge is -2.15. The van der Waals surface area contributed by atoms with Gasteiger partial charge in [0.15, 0.2) is 0 Å². The number of ether oxygens (including phenoxy) is 2. The van der Waals surface area contributed by atoms with E-state index in [0.29, 0.717) is 40.8 Å². The van der Waals surface area contributed by atoms with Crippen molar-refractivity contribution in [2.45, 2.75) is 6.42 Å². The van der Waals surface area contributed by atoms with Gasteiger partial charge >= 0.3 is 0 Å². The third-order valence-corrected chi connectivity index (χ3v) is 6.50. The van der Waals surface area contributed by atoms with Crippen LogP contribution < -0.4 is 19.3 Å². The van der Waals surface area contributed by atoms with Crippen molar-refractivity contribution >= 4 is 35.0 Å². The molecule has 0 radical (unpaired) electrons. The molecule has 0 unspecified atom stereocenters. The average molecular weight is 543 g/mol. The molecule has 8 heteroatoms. The Balaban J connectivity index is 1.07. The topological polar surface area (TPSA) is 93.2 Å². The zero-order valence-electron chi connectivity index (χ0n) is 21.6. The van der Waals surface area contributed by atoms with Crippen molar-refractivity contribution in [3.8, 4) is 23.0 Å². The fraction of sp³-hybridized carbons (Fsp3) is 0.0303. The molecular weight excluding hydrogens is 520 g/mol. The van der Waals surface area contributed by atoms with Crippen molar-refractivity contribution in [2.75, 3.05) is 9.80 Å². The minimum atomic E-state index is -0.379. The summed E-state index contributed by atoms with van der Waals surface area (Å²) in [7, 11) is 0. The van der Waals surface area contributed by atoms with E-state index in [1.807, 2.05) is 48.5 Å². The number of benzene rings is 4. The van der Waals surface area contributed by atoms with Crippen LogP contribution in [0, 0.1) is 0 Å². The molecule has 200 valence electrons. The third-order valence-electron chi connectivity index (χ3n) is 6.50. The van der Waals surface area contributed by atoms with E-state index in [0.717, 1.165) is 20.9 Å². The van der Waals surface area contributed by atoms with Crippen molar-refractivity contribution in [3.05, 3.63) is 132 Å². The molecule has 8 nitrogen and oxygen atoms in total. The Morgan fingerprint density at radius 3 is 1.17 bits per heavy atom. The van der Waals surface area contributed by atoms with Crippen LogP contribution in [0.3, 0.4) is 0 Å². The standard InChI is InChI=1S/C33H22N2O6/c36-30-15-16-31(37)34(30)24-3-1-5-28(20-24)40-26-11-7-22(8-12-26)19-23-9-13-27(14-10-23)41-29-6-2-4-25(21-29)35-32(38)17-18-33(35)39/h1-18,20-21H,19H2. The second kappa shape index (κ2) is 10.8. The number of amides is 4. The highest BCUT2D eigenvalue weighted by atomic mass is 16.5. The van der Waals surface area contributed by atoms with E-state index >= 15 is 0 Å². The van der Waals surface area contributed by atoms with Gasteiger partial charge in [-0.15, -0.1) is 0 Å². The number of imide groups is 2. The summed E-state index contributed by atoms with van der Waals surface area (Å²) in [6.07, 6.45) is 5.68. The van der Waals surface area contributed by atoms with Crippen LogP contribution in [0.25, 0.3) is 0 Å². The summed E-state index contributed by atoms with van der Waals surface area (Å²) in [6.45, 7) is 0. The molecule has 2 aliphatic rings. The molecule has 6 rings (SSSR count). The molecule has 0 spiro atoms. The maximum Gasteiger partial charge on any atom is 0.258 e. The lowest BCUT2D eigenvalue weighted by Crippen LogP contribution is -2.29. The Morgan fingerprint density at radius 1 is 0.439 bits per heavy atom. The predicted octanol–water partition coefficient (Wildman–Crippen LogP) is 5.72. The molecule has 2 aliphatic heterocycles. The molecule has 0 saturated carbocycles. The maximum absolute atomic E-state index is 12.0. The zero-order chi connectivity index (χ0) is 28.3. The minimum Gasteiger partial charge on any atom is -0.457 e. The maximum atomic E-state index is 12.0. The number of hydrogen-bond donors (Lipinski definition) is 0. The van der Waals surface area contributed by atoms with E-state index in [4.69, 9.17) is 9.47 Å². The zero-order valence-corrected chi connectivity index (χ0v) is 21.6. The highest BCUT2D eigenvalue weighted by Gasteiger charge is 2.26. The molecule has 0 bridgehead atoms. The molecule has 0 atom stereocenters. The minimum absolute atomic E-state index is 0.379. The van der Waals surface area contributed by atoms with E-state index in [2.05, 4.69) is 0 Å². The van der Waals surface area contributed by atoms with Crippen LogP contribution in [-0.4, -0.2) is 23.6 Å². The van der Waals surface area contributed by atoms with Crippen LogP contribution in [0.1, 0.15) is 11.1 Å². The van der Waals surface area contributed by atoms with Gasteiger partial charge in [0.1, 0.15) is 23.0 Å². The number of rotatable bonds is 8. The Hall–Kier alpha value is -5.76. The van der Waals surface area contributed by atoms with Gasteiger partial charge < -0.3 is 9.47 Å². The van der Waals surface area contributed by atoms with Crippen molar-refractivity contribution in [1.29, 1.82) is 0 Å². The second-order valence-electron chi connectivity index (χ2n) is 9.35.